The van der Waals surface area contributed by atoms with Gasteiger partial charge in [-0.05, 0) is 130 Å². The van der Waals surface area contributed by atoms with Crippen molar-refractivity contribution in [2.75, 3.05) is 13.7 Å². The summed E-state index contributed by atoms with van der Waals surface area (Å²) in [6.07, 6.45) is 7.63. The molecule has 0 fully saturated rings. The van der Waals surface area contributed by atoms with Crippen molar-refractivity contribution in [3.63, 3.8) is 0 Å². The fourth-order valence-corrected chi connectivity index (χ4v) is 8.10. The number of benzene rings is 8. The van der Waals surface area contributed by atoms with Gasteiger partial charge in [0, 0.05) is 11.1 Å². The van der Waals surface area contributed by atoms with Crippen LogP contribution in [0.1, 0.15) is 70.8 Å². The molecule has 11 nitrogen and oxygen atoms in total. The van der Waals surface area contributed by atoms with E-state index >= 15 is 4.39 Å². The number of hydrogen-bond acceptors (Lipinski definition) is 11. The van der Waals surface area contributed by atoms with Crippen LogP contribution < -0.4 is 23.7 Å². The fourth-order valence-electron chi connectivity index (χ4n) is 8.10. The maximum Gasteiger partial charge on any atom is 0.371 e. The van der Waals surface area contributed by atoms with E-state index in [1.807, 2.05) is 72.8 Å². The van der Waals surface area contributed by atoms with Gasteiger partial charge >= 0.3 is 17.9 Å². The summed E-state index contributed by atoms with van der Waals surface area (Å²) in [5.74, 6) is -3.44. The van der Waals surface area contributed by atoms with Gasteiger partial charge in [-0.1, -0.05) is 117 Å². The molecule has 0 saturated carbocycles. The standard InChI is InChI=1S/C61H52F2N2O9/c1-39(2)59(66)70-30-12-6-5-7-13-41-18-20-42(21-19-41)37-72-56-29-28-54(53(58(56)63)36-65-64-35-52-50-16-10-8-14-46(50)33-47-15-9-11-17-51(47)52)71-38-43-22-27-55(57(31-43)69-4)74-61(68)48-24-23-45-34-49(26-25-44(45)32-48)73-60(67)40(3)62/h8-11,14-29,31-36H,1,3,5-7,12-13,30,37-38H2,2,4H3/b64-35+,65-36+. The summed E-state index contributed by atoms with van der Waals surface area (Å²) < 4.78 is 63.6. The number of rotatable bonds is 22. The number of methoxy groups -OCH3 is 1. The van der Waals surface area contributed by atoms with E-state index in [1.165, 1.54) is 37.1 Å². The number of nitrogens with zero attached hydrogens (tertiary/aromatic N) is 2. The third-order valence-corrected chi connectivity index (χ3v) is 12.0. The SMILES string of the molecule is C=C(C)C(=O)OCCCCCCc1ccc(COc2ccc(OCc3ccc(OC(=O)c4ccc5cc(OC(=O)C(=C)F)ccc5c4)c(OC)c3)c(/C=N/N=C/c3c4ccccc4cc4ccccc34)c2F)cc1. The Balaban J connectivity index is 0.959. The van der Waals surface area contributed by atoms with Crippen molar-refractivity contribution < 1.29 is 51.6 Å². The molecule has 74 heavy (non-hydrogen) atoms. The van der Waals surface area contributed by atoms with Gasteiger partial charge in [0.1, 0.15) is 24.7 Å². The normalized spacial score (nSPS) is 11.3. The summed E-state index contributed by atoms with van der Waals surface area (Å²) in [4.78, 5) is 36.5. The molecule has 0 aromatic heterocycles. The molecule has 0 aliphatic carbocycles. The van der Waals surface area contributed by atoms with Crippen LogP contribution in [0.5, 0.6) is 28.7 Å². The summed E-state index contributed by atoms with van der Waals surface area (Å²) in [6.45, 7) is 8.65. The van der Waals surface area contributed by atoms with Gasteiger partial charge in [0.05, 0.1) is 37.3 Å². The van der Waals surface area contributed by atoms with Gasteiger partial charge < -0.3 is 28.4 Å². The van der Waals surface area contributed by atoms with Crippen molar-refractivity contribution in [3.8, 4) is 28.7 Å². The van der Waals surface area contributed by atoms with Gasteiger partial charge in [-0.25, -0.2) is 18.8 Å². The number of carbonyl (C=O) groups is 3. The molecule has 0 N–H and O–H groups in total. The lowest BCUT2D eigenvalue weighted by atomic mass is 9.97. The van der Waals surface area contributed by atoms with Gasteiger partial charge in [-0.3, -0.25) is 0 Å². The third kappa shape index (κ3) is 13.1. The highest BCUT2D eigenvalue weighted by molar-refractivity contribution is 6.13. The van der Waals surface area contributed by atoms with E-state index < -0.39 is 23.6 Å². The summed E-state index contributed by atoms with van der Waals surface area (Å²) in [7, 11) is 1.44. The van der Waals surface area contributed by atoms with Gasteiger partial charge in [-0.2, -0.15) is 14.6 Å². The molecule has 0 atom stereocenters. The molecule has 8 rings (SSSR count). The Hall–Kier alpha value is -8.97. The minimum absolute atomic E-state index is 0.00413. The Kier molecular flexibility index (Phi) is 17.0. The van der Waals surface area contributed by atoms with Gasteiger partial charge in [0.15, 0.2) is 23.1 Å². The van der Waals surface area contributed by atoms with E-state index in [0.29, 0.717) is 28.5 Å². The number of fused-ring (bicyclic) bond motifs is 3. The molecule has 8 aromatic rings. The first-order valence-electron chi connectivity index (χ1n) is 23.9. The molecule has 0 aliphatic rings. The van der Waals surface area contributed by atoms with Crippen LogP contribution in [0.4, 0.5) is 8.78 Å². The Labute approximate surface area is 427 Å². The maximum absolute atomic E-state index is 16.6. The van der Waals surface area contributed by atoms with Crippen LogP contribution in [-0.2, 0) is 34.0 Å². The smallest absolute Gasteiger partial charge is 0.371 e. The van der Waals surface area contributed by atoms with E-state index in [-0.39, 0.29) is 59.1 Å². The highest BCUT2D eigenvalue weighted by atomic mass is 19.1. The average Bonchev–Trinajstić information content (AvgIpc) is 3.41. The summed E-state index contributed by atoms with van der Waals surface area (Å²) in [6, 6.07) is 43.7. The minimum atomic E-state index is -1.22. The minimum Gasteiger partial charge on any atom is -0.493 e. The third-order valence-electron chi connectivity index (χ3n) is 12.0. The van der Waals surface area contributed by atoms with Crippen LogP contribution in [0.25, 0.3) is 32.3 Å². The molecular formula is C61H52F2N2O9. The molecule has 0 bridgehead atoms. The van der Waals surface area contributed by atoms with Crippen molar-refractivity contribution in [3.05, 3.63) is 209 Å². The first kappa shape index (κ1) is 51.4. The number of ether oxygens (including phenoxy) is 6. The lowest BCUT2D eigenvalue weighted by Crippen LogP contribution is -2.10. The monoisotopic (exact) mass is 994 g/mol. The number of unbranched alkanes of at least 4 members (excludes halogenated alkanes) is 3. The zero-order chi connectivity index (χ0) is 52.0. The number of halogens is 2. The van der Waals surface area contributed by atoms with Crippen LogP contribution in [0.2, 0.25) is 0 Å². The second-order valence-electron chi connectivity index (χ2n) is 17.4. The maximum atomic E-state index is 16.6. The second kappa shape index (κ2) is 24.4. The van der Waals surface area contributed by atoms with E-state index in [0.717, 1.165) is 64.8 Å². The molecule has 0 saturated heterocycles. The molecular weight excluding hydrogens is 943 g/mol. The van der Waals surface area contributed by atoms with Crippen LogP contribution in [0.3, 0.4) is 0 Å². The van der Waals surface area contributed by atoms with Crippen molar-refractivity contribution in [1.29, 1.82) is 0 Å². The Morgan fingerprint density at radius 1 is 0.568 bits per heavy atom. The zero-order valence-corrected chi connectivity index (χ0v) is 40.9. The van der Waals surface area contributed by atoms with Gasteiger partial charge in [0.25, 0.3) is 0 Å². The van der Waals surface area contributed by atoms with Crippen molar-refractivity contribution in [2.45, 2.75) is 52.2 Å². The van der Waals surface area contributed by atoms with Crippen molar-refractivity contribution >= 4 is 62.7 Å². The lowest BCUT2D eigenvalue weighted by Gasteiger charge is -2.15. The van der Waals surface area contributed by atoms with E-state index in [1.54, 1.807) is 61.7 Å². The van der Waals surface area contributed by atoms with Crippen LogP contribution >= 0.6 is 0 Å². The molecule has 13 heteroatoms. The molecule has 0 amide bonds. The average molecular weight is 995 g/mol. The first-order valence-corrected chi connectivity index (χ1v) is 23.9. The Morgan fingerprint density at radius 2 is 1.18 bits per heavy atom. The van der Waals surface area contributed by atoms with E-state index in [2.05, 4.69) is 29.4 Å². The van der Waals surface area contributed by atoms with E-state index in [4.69, 9.17) is 28.4 Å². The highest BCUT2D eigenvalue weighted by Crippen LogP contribution is 2.33. The number of hydrogen-bond donors (Lipinski definition) is 0. The molecule has 0 heterocycles. The molecule has 0 aliphatic heterocycles. The van der Waals surface area contributed by atoms with Crippen molar-refractivity contribution in [1.82, 2.24) is 0 Å². The van der Waals surface area contributed by atoms with Crippen LogP contribution in [-0.4, -0.2) is 44.1 Å². The highest BCUT2D eigenvalue weighted by Gasteiger charge is 2.18. The predicted molar refractivity (Wildman–Crippen MR) is 284 cm³/mol. The first-order chi connectivity index (χ1) is 35.9. The Morgan fingerprint density at radius 3 is 1.89 bits per heavy atom. The summed E-state index contributed by atoms with van der Waals surface area (Å²) >= 11 is 0. The molecule has 8 aromatic carbocycles. The second-order valence-corrected chi connectivity index (χ2v) is 17.4. The van der Waals surface area contributed by atoms with Crippen molar-refractivity contribution in [2.24, 2.45) is 10.2 Å². The zero-order valence-electron chi connectivity index (χ0n) is 40.9. The molecule has 0 spiro atoms. The molecule has 0 radical (unpaired) electrons. The van der Waals surface area contributed by atoms with Gasteiger partial charge in [-0.15, -0.1) is 0 Å². The fraction of sp³-hybridized carbons (Fsp3) is 0.164. The molecule has 374 valence electrons. The summed E-state index contributed by atoms with van der Waals surface area (Å²) in [5, 5.41) is 14.1. The number of carbonyl (C=O) groups excluding carboxylic acids is 3. The van der Waals surface area contributed by atoms with Gasteiger partial charge in [0.2, 0.25) is 5.83 Å². The lowest BCUT2D eigenvalue weighted by molar-refractivity contribution is -0.139. The largest absolute Gasteiger partial charge is 0.493 e. The predicted octanol–water partition coefficient (Wildman–Crippen LogP) is 13.7. The topological polar surface area (TPSA) is 131 Å². The van der Waals surface area contributed by atoms with Crippen LogP contribution in [0.15, 0.2) is 180 Å². The van der Waals surface area contributed by atoms with E-state index in [9.17, 15) is 18.8 Å². The Bertz CT molecular complexity index is 3410. The number of esters is 3. The van der Waals surface area contributed by atoms with Crippen LogP contribution in [0, 0.1) is 5.82 Å². The summed E-state index contributed by atoms with van der Waals surface area (Å²) in [5.41, 5.74) is 4.18. The quantitative estimate of drug-likeness (QED) is 0.0124. The number of aryl methyl sites for hydroxylation is 1. The molecule has 0 unspecified atom stereocenters.